The molecule has 0 radical (unpaired) electrons. The van der Waals surface area contributed by atoms with Gasteiger partial charge in [-0.25, -0.2) is 14.8 Å². The highest BCUT2D eigenvalue weighted by atomic mass is 16.3. The van der Waals surface area contributed by atoms with E-state index >= 15 is 0 Å². The summed E-state index contributed by atoms with van der Waals surface area (Å²) in [7, 11) is 2.06. The lowest BCUT2D eigenvalue weighted by Gasteiger charge is -2.49. The molecule has 1 fully saturated rings. The molecule has 0 bridgehead atoms. The van der Waals surface area contributed by atoms with Crippen LogP contribution in [0.2, 0.25) is 0 Å². The van der Waals surface area contributed by atoms with E-state index in [0.29, 0.717) is 28.7 Å². The first kappa shape index (κ1) is 21.9. The molecule has 1 aliphatic rings. The van der Waals surface area contributed by atoms with Crippen LogP contribution in [-0.2, 0) is 0 Å². The number of aromatic amines is 1. The minimum atomic E-state index is -0.496. The van der Waals surface area contributed by atoms with E-state index in [2.05, 4.69) is 69.9 Å². The van der Waals surface area contributed by atoms with Crippen molar-refractivity contribution in [3.63, 3.8) is 0 Å². The van der Waals surface area contributed by atoms with Gasteiger partial charge in [0.2, 0.25) is 0 Å². The fraction of sp³-hybridized carbons (Fsp3) is 0.435. The summed E-state index contributed by atoms with van der Waals surface area (Å²) in [5.74, 6) is 1.16. The average molecular weight is 436 g/mol. The minimum absolute atomic E-state index is 0.0271. The Balaban J connectivity index is 1.55. The second kappa shape index (κ2) is 7.98. The molecule has 0 amide bonds. The van der Waals surface area contributed by atoms with Crippen molar-refractivity contribution >= 4 is 5.82 Å². The van der Waals surface area contributed by atoms with Crippen LogP contribution in [0.1, 0.15) is 40.5 Å². The molecule has 168 valence electrons. The molecule has 3 aromatic rings. The molecule has 1 aliphatic heterocycles. The van der Waals surface area contributed by atoms with Crippen molar-refractivity contribution in [1.29, 1.82) is 0 Å². The molecule has 0 unspecified atom stereocenters. The lowest BCUT2D eigenvalue weighted by Crippen LogP contribution is -2.62. The van der Waals surface area contributed by atoms with Gasteiger partial charge in [-0.2, -0.15) is 4.98 Å². The number of piperidine rings is 1. The van der Waals surface area contributed by atoms with Gasteiger partial charge in [0, 0.05) is 35.3 Å². The SMILES string of the molecule is CN(c1cnc(-c2ccc(-c3ncnc(=O)[nH]3)cc2O)cn1)C1CC(C)(C)NC(C)(C)C1. The normalized spacial score (nSPS) is 17.8. The van der Waals surface area contributed by atoms with Crippen LogP contribution < -0.4 is 15.9 Å². The van der Waals surface area contributed by atoms with Gasteiger partial charge < -0.3 is 15.3 Å². The molecular weight excluding hydrogens is 406 g/mol. The highest BCUT2D eigenvalue weighted by Crippen LogP contribution is 2.34. The Morgan fingerprint density at radius 2 is 1.75 bits per heavy atom. The average Bonchev–Trinajstić information content (AvgIpc) is 2.71. The predicted octanol–water partition coefficient (Wildman–Crippen LogP) is 2.74. The van der Waals surface area contributed by atoms with E-state index in [1.54, 1.807) is 24.5 Å². The number of rotatable bonds is 4. The minimum Gasteiger partial charge on any atom is -0.507 e. The summed E-state index contributed by atoms with van der Waals surface area (Å²) in [4.78, 5) is 32.9. The molecule has 9 nitrogen and oxygen atoms in total. The maximum absolute atomic E-state index is 11.4. The molecule has 3 N–H and O–H groups in total. The summed E-state index contributed by atoms with van der Waals surface area (Å²) < 4.78 is 0. The Morgan fingerprint density at radius 3 is 2.34 bits per heavy atom. The van der Waals surface area contributed by atoms with Crippen molar-refractivity contribution in [1.82, 2.24) is 30.2 Å². The summed E-state index contributed by atoms with van der Waals surface area (Å²) in [5, 5.41) is 14.3. The van der Waals surface area contributed by atoms with Crippen LogP contribution in [0.3, 0.4) is 0 Å². The molecule has 0 atom stereocenters. The van der Waals surface area contributed by atoms with Crippen LogP contribution in [-0.4, -0.2) is 54.2 Å². The molecule has 1 saturated heterocycles. The van der Waals surface area contributed by atoms with E-state index in [4.69, 9.17) is 0 Å². The van der Waals surface area contributed by atoms with E-state index in [9.17, 15) is 9.90 Å². The second-order valence-corrected chi connectivity index (χ2v) is 9.71. The molecule has 0 saturated carbocycles. The summed E-state index contributed by atoms with van der Waals surface area (Å²) in [6.07, 6.45) is 6.61. The van der Waals surface area contributed by atoms with Gasteiger partial charge in [-0.3, -0.25) is 9.97 Å². The maximum atomic E-state index is 11.4. The van der Waals surface area contributed by atoms with Crippen molar-refractivity contribution in [2.45, 2.75) is 57.7 Å². The monoisotopic (exact) mass is 435 g/mol. The molecule has 1 aromatic carbocycles. The first-order valence-corrected chi connectivity index (χ1v) is 10.6. The fourth-order valence-corrected chi connectivity index (χ4v) is 4.72. The van der Waals surface area contributed by atoms with Gasteiger partial charge in [-0.05, 0) is 52.7 Å². The first-order chi connectivity index (χ1) is 15.0. The van der Waals surface area contributed by atoms with Crippen molar-refractivity contribution in [2.75, 3.05) is 11.9 Å². The Labute approximate surface area is 187 Å². The number of H-pyrrole nitrogens is 1. The molecule has 3 heterocycles. The highest BCUT2D eigenvalue weighted by molar-refractivity contribution is 5.71. The molecule has 0 aliphatic carbocycles. The van der Waals surface area contributed by atoms with E-state index < -0.39 is 5.69 Å². The zero-order chi connectivity index (χ0) is 23.1. The second-order valence-electron chi connectivity index (χ2n) is 9.71. The number of hydrogen-bond acceptors (Lipinski definition) is 8. The van der Waals surface area contributed by atoms with Crippen LogP contribution in [0.15, 0.2) is 41.7 Å². The highest BCUT2D eigenvalue weighted by Gasteiger charge is 2.39. The number of anilines is 1. The van der Waals surface area contributed by atoms with Gasteiger partial charge in [0.1, 0.15) is 23.7 Å². The molecule has 2 aromatic heterocycles. The zero-order valence-corrected chi connectivity index (χ0v) is 19.0. The third kappa shape index (κ3) is 4.62. The summed E-state index contributed by atoms with van der Waals surface area (Å²) in [6, 6.07) is 5.36. The van der Waals surface area contributed by atoms with Gasteiger partial charge in [0.15, 0.2) is 0 Å². The van der Waals surface area contributed by atoms with Crippen LogP contribution in [0.5, 0.6) is 5.75 Å². The number of nitrogens with one attached hydrogen (secondary N) is 2. The molecule has 32 heavy (non-hydrogen) atoms. The smallest absolute Gasteiger partial charge is 0.348 e. The first-order valence-electron chi connectivity index (χ1n) is 10.6. The molecular formula is C23H29N7O2. The number of hydrogen-bond donors (Lipinski definition) is 3. The van der Waals surface area contributed by atoms with Crippen molar-refractivity contribution in [3.8, 4) is 28.4 Å². The third-order valence-corrected chi connectivity index (χ3v) is 5.85. The van der Waals surface area contributed by atoms with Crippen molar-refractivity contribution in [2.24, 2.45) is 0 Å². The van der Waals surface area contributed by atoms with Gasteiger partial charge in [0.05, 0.1) is 18.1 Å². The zero-order valence-electron chi connectivity index (χ0n) is 19.0. The van der Waals surface area contributed by atoms with E-state index in [1.165, 1.54) is 12.4 Å². The predicted molar refractivity (Wildman–Crippen MR) is 123 cm³/mol. The van der Waals surface area contributed by atoms with Crippen LogP contribution in [0.25, 0.3) is 22.6 Å². The Kier molecular flexibility index (Phi) is 5.46. The topological polar surface area (TPSA) is 120 Å². The van der Waals surface area contributed by atoms with E-state index in [-0.39, 0.29) is 16.8 Å². The lowest BCUT2D eigenvalue weighted by atomic mass is 9.79. The molecule has 9 heteroatoms. The number of aromatic nitrogens is 5. The largest absolute Gasteiger partial charge is 0.507 e. The van der Waals surface area contributed by atoms with Crippen LogP contribution in [0.4, 0.5) is 5.82 Å². The number of aromatic hydroxyl groups is 1. The van der Waals surface area contributed by atoms with E-state index in [0.717, 1.165) is 18.7 Å². The summed E-state index contributed by atoms with van der Waals surface area (Å²) in [5.41, 5.74) is 1.27. The van der Waals surface area contributed by atoms with Crippen molar-refractivity contribution in [3.05, 3.63) is 47.4 Å². The van der Waals surface area contributed by atoms with Gasteiger partial charge >= 0.3 is 5.69 Å². The Bertz CT molecular complexity index is 1160. The maximum Gasteiger partial charge on any atom is 0.348 e. The molecule has 0 spiro atoms. The number of phenols is 1. The third-order valence-electron chi connectivity index (χ3n) is 5.85. The van der Waals surface area contributed by atoms with Crippen LogP contribution in [0, 0.1) is 0 Å². The lowest BCUT2D eigenvalue weighted by molar-refractivity contribution is 0.160. The van der Waals surface area contributed by atoms with Crippen LogP contribution >= 0.6 is 0 Å². The Hall–Kier alpha value is -3.33. The standard InChI is InChI=1S/C23H29N7O2/c1-22(2)9-15(10-23(3,4)29-22)30(5)19-12-24-17(11-25-19)16-7-6-14(8-18(16)31)20-26-13-27-21(32)28-20/h6-8,11-13,15,29,31H,9-10H2,1-5H3,(H,26,27,28,32). The van der Waals surface area contributed by atoms with E-state index in [1.807, 2.05) is 0 Å². The summed E-state index contributed by atoms with van der Waals surface area (Å²) in [6.45, 7) is 8.92. The van der Waals surface area contributed by atoms with Gasteiger partial charge in [0.25, 0.3) is 0 Å². The Morgan fingerprint density at radius 1 is 1.03 bits per heavy atom. The van der Waals surface area contributed by atoms with Crippen molar-refractivity contribution < 1.29 is 5.11 Å². The number of nitrogens with zero attached hydrogens (tertiary/aromatic N) is 5. The molecule has 4 rings (SSSR count). The number of phenolic OH excluding ortho intramolecular Hbond substituents is 1. The van der Waals surface area contributed by atoms with Gasteiger partial charge in [-0.1, -0.05) is 6.07 Å². The quantitative estimate of drug-likeness (QED) is 0.572. The summed E-state index contributed by atoms with van der Waals surface area (Å²) >= 11 is 0. The van der Waals surface area contributed by atoms with Gasteiger partial charge in [-0.15, -0.1) is 0 Å². The number of benzene rings is 1. The fourth-order valence-electron chi connectivity index (χ4n) is 4.72.